The highest BCUT2D eigenvalue weighted by Gasteiger charge is 2.56. The average Bonchev–Trinajstić information content (AvgIpc) is 3.17. The molecule has 0 radical (unpaired) electrons. The van der Waals surface area contributed by atoms with E-state index in [0.717, 1.165) is 22.3 Å². The Morgan fingerprint density at radius 2 is 1.21 bits per heavy atom. The van der Waals surface area contributed by atoms with Gasteiger partial charge in [-0.15, -0.1) is 0 Å². The Morgan fingerprint density at radius 1 is 0.735 bits per heavy atom. The van der Waals surface area contributed by atoms with Crippen molar-refractivity contribution in [3.05, 3.63) is 155 Å². The van der Waals surface area contributed by atoms with Gasteiger partial charge in [-0.1, -0.05) is 121 Å². The van der Waals surface area contributed by atoms with Crippen LogP contribution in [0.3, 0.4) is 0 Å². The third-order valence-corrected chi connectivity index (χ3v) is 6.37. The zero-order valence-corrected chi connectivity index (χ0v) is 18.6. The molecule has 2 N–H and O–H groups in total. The molecule has 1 atom stereocenters. The first kappa shape index (κ1) is 21.2. The van der Waals surface area contributed by atoms with Crippen molar-refractivity contribution in [2.24, 2.45) is 10.8 Å². The van der Waals surface area contributed by atoms with E-state index in [9.17, 15) is 5.26 Å². The molecule has 4 aromatic carbocycles. The van der Waals surface area contributed by atoms with Gasteiger partial charge in [0.2, 0.25) is 0 Å². The van der Waals surface area contributed by atoms with Crippen molar-refractivity contribution in [3.8, 4) is 6.07 Å². The molecule has 4 heteroatoms. The lowest BCUT2D eigenvalue weighted by atomic mass is 9.64. The van der Waals surface area contributed by atoms with E-state index in [1.807, 2.05) is 84.9 Å². The first-order chi connectivity index (χ1) is 16.8. The quantitative estimate of drug-likeness (QED) is 0.401. The van der Waals surface area contributed by atoms with Gasteiger partial charge in [0.25, 0.3) is 0 Å². The summed E-state index contributed by atoms with van der Waals surface area (Å²) in [6.07, 6.45) is 1.80. The Balaban J connectivity index is 1.82. The summed E-state index contributed by atoms with van der Waals surface area (Å²) >= 11 is 0. The largest absolute Gasteiger partial charge is 0.383 e. The molecule has 0 fully saturated rings. The minimum atomic E-state index is -0.837. The zero-order chi connectivity index (χ0) is 23.4. The monoisotopic (exact) mass is 440 g/mol. The van der Waals surface area contributed by atoms with Gasteiger partial charge >= 0.3 is 0 Å². The van der Waals surface area contributed by atoms with Crippen molar-refractivity contribution in [2.75, 3.05) is 0 Å². The summed E-state index contributed by atoms with van der Waals surface area (Å²) in [6.45, 7) is 0. The molecule has 5 rings (SSSR count). The van der Waals surface area contributed by atoms with Gasteiger partial charge in [-0.3, -0.25) is 0 Å². The van der Waals surface area contributed by atoms with Crippen LogP contribution in [0.25, 0.3) is 0 Å². The maximum atomic E-state index is 10.5. The Morgan fingerprint density at radius 3 is 1.71 bits per heavy atom. The molecule has 0 saturated heterocycles. The van der Waals surface area contributed by atoms with E-state index in [2.05, 4.69) is 42.5 Å². The number of nitrogens with zero attached hydrogens (tertiary/aromatic N) is 3. The van der Waals surface area contributed by atoms with Crippen LogP contribution in [0.4, 0.5) is 0 Å². The third kappa shape index (κ3) is 3.44. The molecule has 0 spiro atoms. The second-order valence-corrected chi connectivity index (χ2v) is 8.23. The van der Waals surface area contributed by atoms with E-state index in [0.29, 0.717) is 11.4 Å². The Hall–Kier alpha value is -4.62. The number of hydrogen-bond acceptors (Lipinski definition) is 4. The fourth-order valence-electron chi connectivity index (χ4n) is 4.92. The molecule has 1 heterocycles. The first-order valence-corrected chi connectivity index (χ1v) is 11.2. The van der Waals surface area contributed by atoms with Crippen LogP contribution < -0.4 is 5.73 Å². The van der Waals surface area contributed by atoms with Crippen molar-refractivity contribution in [1.29, 1.82) is 5.26 Å². The number of hydrogen-bond donors (Lipinski definition) is 1. The van der Waals surface area contributed by atoms with E-state index in [1.165, 1.54) is 0 Å². The summed E-state index contributed by atoms with van der Waals surface area (Å²) in [5.74, 6) is 0.358. The molecule has 0 amide bonds. The van der Waals surface area contributed by atoms with Crippen LogP contribution in [0.2, 0.25) is 0 Å². The first-order valence-electron chi connectivity index (χ1n) is 11.2. The smallest absolute Gasteiger partial charge is 0.136 e. The molecule has 0 aliphatic carbocycles. The number of rotatable bonds is 5. The second kappa shape index (κ2) is 9.09. The maximum Gasteiger partial charge on any atom is 0.136 e. The molecule has 4 aromatic rings. The normalized spacial score (nSPS) is 17.1. The summed E-state index contributed by atoms with van der Waals surface area (Å²) < 4.78 is 0. The van der Waals surface area contributed by atoms with Crippen LogP contribution in [-0.4, -0.2) is 11.2 Å². The molecule has 1 aliphatic heterocycles. The summed E-state index contributed by atoms with van der Waals surface area (Å²) in [4.78, 5) is 0. The Labute approximate surface area is 199 Å². The molecule has 164 valence electrons. The van der Waals surface area contributed by atoms with Crippen LogP contribution in [0.15, 0.2) is 138 Å². The fourth-order valence-corrected chi connectivity index (χ4v) is 4.92. The molecule has 0 bridgehead atoms. The SMILES string of the molecule is N#CC1=C(N)N(/N=C/c2ccccc2)C(c2ccccc2)C1(c1ccccc1)c1ccccc1. The summed E-state index contributed by atoms with van der Waals surface area (Å²) in [7, 11) is 0. The highest BCUT2D eigenvalue weighted by Crippen LogP contribution is 2.56. The second-order valence-electron chi connectivity index (χ2n) is 8.23. The molecule has 0 aromatic heterocycles. The average molecular weight is 441 g/mol. The lowest BCUT2D eigenvalue weighted by Gasteiger charge is -2.39. The predicted octanol–water partition coefficient (Wildman–Crippen LogP) is 5.76. The fraction of sp³-hybridized carbons (Fsp3) is 0.0667. The van der Waals surface area contributed by atoms with Gasteiger partial charge in [-0.05, 0) is 22.3 Å². The topological polar surface area (TPSA) is 65.4 Å². The van der Waals surface area contributed by atoms with Gasteiger partial charge in [0.1, 0.15) is 5.82 Å². The van der Waals surface area contributed by atoms with Crippen molar-refractivity contribution in [3.63, 3.8) is 0 Å². The van der Waals surface area contributed by atoms with Crippen molar-refractivity contribution >= 4 is 6.21 Å². The van der Waals surface area contributed by atoms with Gasteiger partial charge in [0.15, 0.2) is 0 Å². The summed E-state index contributed by atoms with van der Waals surface area (Å²) in [5.41, 5.74) is 10.4. The van der Waals surface area contributed by atoms with E-state index >= 15 is 0 Å². The standard InChI is InChI=1S/C30H24N4/c31-21-27-29(32)34(33-22-23-13-5-1-6-14-23)28(24-15-7-2-8-16-24)30(27,25-17-9-3-10-18-25)26-19-11-4-12-20-26/h1-20,22,28H,32H2/b33-22+. The number of benzene rings is 4. The van der Waals surface area contributed by atoms with Gasteiger partial charge in [-0.25, -0.2) is 5.01 Å². The van der Waals surface area contributed by atoms with E-state index < -0.39 is 5.41 Å². The van der Waals surface area contributed by atoms with Gasteiger partial charge < -0.3 is 5.73 Å². The molecule has 0 saturated carbocycles. The molecule has 1 aliphatic rings. The minimum absolute atomic E-state index is 0.354. The maximum absolute atomic E-state index is 10.5. The van der Waals surface area contributed by atoms with Crippen molar-refractivity contribution in [1.82, 2.24) is 5.01 Å². The number of nitriles is 1. The van der Waals surface area contributed by atoms with Gasteiger partial charge in [0, 0.05) is 0 Å². The van der Waals surface area contributed by atoms with Crippen LogP contribution in [0, 0.1) is 11.3 Å². The van der Waals surface area contributed by atoms with Crippen LogP contribution in [-0.2, 0) is 5.41 Å². The van der Waals surface area contributed by atoms with Crippen LogP contribution in [0.5, 0.6) is 0 Å². The highest BCUT2D eigenvalue weighted by molar-refractivity contribution is 5.79. The van der Waals surface area contributed by atoms with Crippen molar-refractivity contribution in [2.45, 2.75) is 11.5 Å². The molecule has 34 heavy (non-hydrogen) atoms. The summed E-state index contributed by atoms with van der Waals surface area (Å²) in [6, 6.07) is 42.4. The molecular formula is C30H24N4. The van der Waals surface area contributed by atoms with Crippen LogP contribution >= 0.6 is 0 Å². The van der Waals surface area contributed by atoms with Crippen molar-refractivity contribution < 1.29 is 0 Å². The van der Waals surface area contributed by atoms with E-state index in [4.69, 9.17) is 10.8 Å². The zero-order valence-electron chi connectivity index (χ0n) is 18.6. The lowest BCUT2D eigenvalue weighted by molar-refractivity contribution is 0.244. The van der Waals surface area contributed by atoms with Gasteiger partial charge in [-0.2, -0.15) is 10.4 Å². The number of nitrogens with two attached hydrogens (primary N) is 1. The Kier molecular flexibility index (Phi) is 5.68. The third-order valence-electron chi connectivity index (χ3n) is 6.37. The molecule has 4 nitrogen and oxygen atoms in total. The van der Waals surface area contributed by atoms with Gasteiger partial charge in [0.05, 0.1) is 29.3 Å². The highest BCUT2D eigenvalue weighted by atomic mass is 15.5. The summed E-state index contributed by atoms with van der Waals surface area (Å²) in [5, 5.41) is 17.2. The van der Waals surface area contributed by atoms with Crippen LogP contribution in [0.1, 0.15) is 28.3 Å². The Bertz CT molecular complexity index is 1320. The van der Waals surface area contributed by atoms with E-state index in [-0.39, 0.29) is 6.04 Å². The molecule has 1 unspecified atom stereocenters. The predicted molar refractivity (Wildman–Crippen MR) is 136 cm³/mol. The molecular weight excluding hydrogens is 416 g/mol. The number of hydrazone groups is 1. The lowest BCUT2D eigenvalue weighted by Crippen LogP contribution is -2.38. The van der Waals surface area contributed by atoms with E-state index in [1.54, 1.807) is 11.2 Å². The minimum Gasteiger partial charge on any atom is -0.383 e.